The molecule has 2 N–H and O–H groups in total. The molecule has 0 aliphatic rings. The first-order valence-corrected chi connectivity index (χ1v) is 4.35. The van der Waals surface area contributed by atoms with Gasteiger partial charge in [-0.15, -0.1) is 10.2 Å². The molecule has 6 heteroatoms. The predicted molar refractivity (Wildman–Crippen MR) is 51.4 cm³/mol. The SMILES string of the molecule is Fc1ccc(-c2nn[nH]n2)c2[nH]ccc12. The number of nitrogens with zero attached hydrogens (tertiary/aromatic N) is 3. The summed E-state index contributed by atoms with van der Waals surface area (Å²) in [5, 5.41) is 14.1. The lowest BCUT2D eigenvalue weighted by atomic mass is 10.1. The quantitative estimate of drug-likeness (QED) is 0.629. The van der Waals surface area contributed by atoms with E-state index >= 15 is 0 Å². The highest BCUT2D eigenvalue weighted by Gasteiger charge is 2.11. The maximum atomic E-state index is 13.4. The minimum absolute atomic E-state index is 0.265. The van der Waals surface area contributed by atoms with Gasteiger partial charge in [-0.25, -0.2) is 4.39 Å². The number of H-pyrrole nitrogens is 2. The van der Waals surface area contributed by atoms with E-state index in [4.69, 9.17) is 0 Å². The van der Waals surface area contributed by atoms with Gasteiger partial charge in [-0.05, 0) is 23.4 Å². The van der Waals surface area contributed by atoms with Gasteiger partial charge < -0.3 is 4.98 Å². The normalized spacial score (nSPS) is 11.0. The molecule has 74 valence electrons. The second-order valence-corrected chi connectivity index (χ2v) is 3.10. The first kappa shape index (κ1) is 8.10. The molecule has 0 bridgehead atoms. The van der Waals surface area contributed by atoms with Gasteiger partial charge in [-0.2, -0.15) is 5.21 Å². The van der Waals surface area contributed by atoms with Crippen LogP contribution in [0.1, 0.15) is 0 Å². The van der Waals surface area contributed by atoms with Crippen molar-refractivity contribution in [3.05, 3.63) is 30.2 Å². The number of nitrogens with one attached hydrogen (secondary N) is 2. The lowest BCUT2D eigenvalue weighted by Crippen LogP contribution is -1.85. The molecule has 1 aromatic carbocycles. The average molecular weight is 203 g/mol. The molecule has 3 rings (SSSR count). The molecule has 0 aliphatic heterocycles. The third-order valence-corrected chi connectivity index (χ3v) is 2.26. The molecule has 5 nitrogen and oxygen atoms in total. The number of aromatic amines is 2. The molecule has 0 saturated heterocycles. The van der Waals surface area contributed by atoms with Crippen molar-refractivity contribution in [2.75, 3.05) is 0 Å². The number of hydrogen-bond acceptors (Lipinski definition) is 3. The maximum Gasteiger partial charge on any atom is 0.206 e. The summed E-state index contributed by atoms with van der Waals surface area (Å²) in [6, 6.07) is 4.69. The fourth-order valence-electron chi connectivity index (χ4n) is 1.58. The third-order valence-electron chi connectivity index (χ3n) is 2.26. The molecule has 0 radical (unpaired) electrons. The lowest BCUT2D eigenvalue weighted by molar-refractivity contribution is 0.640. The molecule has 3 aromatic rings. The summed E-state index contributed by atoms with van der Waals surface area (Å²) in [7, 11) is 0. The average Bonchev–Trinajstić information content (AvgIpc) is 2.88. The molecule has 0 amide bonds. The van der Waals surface area contributed by atoms with Crippen LogP contribution in [0.5, 0.6) is 0 Å². The van der Waals surface area contributed by atoms with E-state index in [1.807, 2.05) is 0 Å². The van der Waals surface area contributed by atoms with Crippen LogP contribution < -0.4 is 0 Å². The largest absolute Gasteiger partial charge is 0.360 e. The van der Waals surface area contributed by atoms with Crippen molar-refractivity contribution in [1.82, 2.24) is 25.6 Å². The lowest BCUT2D eigenvalue weighted by Gasteiger charge is -1.98. The van der Waals surface area contributed by atoms with Crippen molar-refractivity contribution >= 4 is 10.9 Å². The van der Waals surface area contributed by atoms with Gasteiger partial charge in [0.05, 0.1) is 5.52 Å². The van der Waals surface area contributed by atoms with Crippen LogP contribution in [0.3, 0.4) is 0 Å². The predicted octanol–water partition coefficient (Wildman–Crippen LogP) is 1.49. The molecule has 0 spiro atoms. The number of benzene rings is 1. The first-order valence-electron chi connectivity index (χ1n) is 4.35. The van der Waals surface area contributed by atoms with E-state index in [1.54, 1.807) is 18.3 Å². The minimum atomic E-state index is -0.265. The van der Waals surface area contributed by atoms with E-state index in [0.29, 0.717) is 16.7 Å². The van der Waals surface area contributed by atoms with E-state index in [1.165, 1.54) is 6.07 Å². The number of hydrogen-bond donors (Lipinski definition) is 2. The summed E-state index contributed by atoms with van der Waals surface area (Å²) in [4.78, 5) is 2.96. The topological polar surface area (TPSA) is 70.2 Å². The Kier molecular flexibility index (Phi) is 1.55. The highest BCUT2D eigenvalue weighted by atomic mass is 19.1. The van der Waals surface area contributed by atoms with Gasteiger partial charge in [0.25, 0.3) is 0 Å². The number of halogens is 1. The first-order chi connectivity index (χ1) is 7.36. The van der Waals surface area contributed by atoms with E-state index in [0.717, 1.165) is 5.56 Å². The van der Waals surface area contributed by atoms with Crippen LogP contribution >= 0.6 is 0 Å². The van der Waals surface area contributed by atoms with Crippen molar-refractivity contribution in [2.45, 2.75) is 0 Å². The van der Waals surface area contributed by atoms with E-state index in [9.17, 15) is 4.39 Å². The Hall–Kier alpha value is -2.24. The Bertz CT molecular complexity index is 598. The zero-order valence-electron chi connectivity index (χ0n) is 7.53. The van der Waals surface area contributed by atoms with Crippen LogP contribution in [0.4, 0.5) is 4.39 Å². The number of aromatic nitrogens is 5. The monoisotopic (exact) mass is 203 g/mol. The van der Waals surface area contributed by atoms with Crippen molar-refractivity contribution in [1.29, 1.82) is 0 Å². The molecule has 0 aliphatic carbocycles. The van der Waals surface area contributed by atoms with Gasteiger partial charge in [-0.1, -0.05) is 0 Å². The summed E-state index contributed by atoms with van der Waals surface area (Å²) in [6.45, 7) is 0. The molecular formula is C9H6FN5. The molecule has 0 atom stereocenters. The second-order valence-electron chi connectivity index (χ2n) is 3.10. The Balaban J connectivity index is 2.37. The van der Waals surface area contributed by atoms with Crippen molar-refractivity contribution in [2.24, 2.45) is 0 Å². The minimum Gasteiger partial charge on any atom is -0.360 e. The second kappa shape index (κ2) is 2.88. The summed E-state index contributed by atoms with van der Waals surface area (Å²) in [5.41, 5.74) is 1.40. The Morgan fingerprint density at radius 1 is 1.20 bits per heavy atom. The van der Waals surface area contributed by atoms with E-state index in [2.05, 4.69) is 25.6 Å². The van der Waals surface area contributed by atoms with Gasteiger partial charge in [0.1, 0.15) is 5.82 Å². The summed E-state index contributed by atoms with van der Waals surface area (Å²) < 4.78 is 13.4. The molecule has 0 fully saturated rings. The smallest absolute Gasteiger partial charge is 0.206 e. The van der Waals surface area contributed by atoms with Gasteiger partial charge in [0.2, 0.25) is 5.82 Å². The molecule has 2 heterocycles. The molecule has 15 heavy (non-hydrogen) atoms. The standard InChI is InChI=1S/C9H6FN5/c10-7-2-1-6(9-12-14-15-13-9)8-5(7)3-4-11-8/h1-4,11H,(H,12,13,14,15). The summed E-state index contributed by atoms with van der Waals surface area (Å²) in [6.07, 6.45) is 1.68. The number of tetrazole rings is 1. The number of rotatable bonds is 1. The summed E-state index contributed by atoms with van der Waals surface area (Å²) >= 11 is 0. The third kappa shape index (κ3) is 1.11. The summed E-state index contributed by atoms with van der Waals surface area (Å²) in [5.74, 6) is 0.181. The van der Waals surface area contributed by atoms with Crippen molar-refractivity contribution < 1.29 is 4.39 Å². The molecular weight excluding hydrogens is 197 g/mol. The Morgan fingerprint density at radius 2 is 2.13 bits per heavy atom. The Labute approximate surface area is 83.3 Å². The van der Waals surface area contributed by atoms with E-state index in [-0.39, 0.29) is 5.82 Å². The Morgan fingerprint density at radius 3 is 2.93 bits per heavy atom. The zero-order valence-corrected chi connectivity index (χ0v) is 7.53. The fourth-order valence-corrected chi connectivity index (χ4v) is 1.58. The zero-order chi connectivity index (χ0) is 10.3. The van der Waals surface area contributed by atoms with E-state index < -0.39 is 0 Å². The van der Waals surface area contributed by atoms with Crippen molar-refractivity contribution in [3.8, 4) is 11.4 Å². The van der Waals surface area contributed by atoms with Crippen LogP contribution in [-0.2, 0) is 0 Å². The van der Waals surface area contributed by atoms with Crippen LogP contribution in [0.2, 0.25) is 0 Å². The van der Waals surface area contributed by atoms with Crippen LogP contribution in [0, 0.1) is 5.82 Å². The number of fused-ring (bicyclic) bond motifs is 1. The van der Waals surface area contributed by atoms with Gasteiger partial charge >= 0.3 is 0 Å². The molecule has 0 unspecified atom stereocenters. The highest BCUT2D eigenvalue weighted by molar-refractivity contribution is 5.92. The highest BCUT2D eigenvalue weighted by Crippen LogP contribution is 2.26. The van der Waals surface area contributed by atoms with Gasteiger partial charge in [-0.3, -0.25) is 0 Å². The molecule has 0 saturated carbocycles. The van der Waals surface area contributed by atoms with Gasteiger partial charge in [0.15, 0.2) is 0 Å². The van der Waals surface area contributed by atoms with Crippen molar-refractivity contribution in [3.63, 3.8) is 0 Å². The fraction of sp³-hybridized carbons (Fsp3) is 0. The molecule has 2 aromatic heterocycles. The van der Waals surface area contributed by atoms with Crippen LogP contribution in [0.25, 0.3) is 22.3 Å². The van der Waals surface area contributed by atoms with Gasteiger partial charge in [0, 0.05) is 17.1 Å². The van der Waals surface area contributed by atoms with Crippen LogP contribution in [-0.4, -0.2) is 25.6 Å². The van der Waals surface area contributed by atoms with Crippen LogP contribution in [0.15, 0.2) is 24.4 Å². The maximum absolute atomic E-state index is 13.4.